The molecule has 1 saturated carbocycles. The highest BCUT2D eigenvalue weighted by Gasteiger charge is 2.25. The quantitative estimate of drug-likeness (QED) is 0.718. The molecule has 2 fully saturated rings. The number of ether oxygens (including phenoxy) is 1. The van der Waals surface area contributed by atoms with Gasteiger partial charge in [-0.1, -0.05) is 25.7 Å². The normalized spacial score (nSPS) is 30.9. The first-order valence-corrected chi connectivity index (χ1v) is 7.65. The smallest absolute Gasteiger partial charge is 0.0468 e. The van der Waals surface area contributed by atoms with Gasteiger partial charge in [0.05, 0.1) is 0 Å². The third-order valence-corrected chi connectivity index (χ3v) is 4.81. The summed E-state index contributed by atoms with van der Waals surface area (Å²) in [5.74, 6) is 1.93. The van der Waals surface area contributed by atoms with Crippen molar-refractivity contribution in [1.29, 1.82) is 0 Å². The van der Waals surface area contributed by atoms with Gasteiger partial charge < -0.3 is 10.1 Å². The molecule has 1 aliphatic carbocycles. The van der Waals surface area contributed by atoms with E-state index in [9.17, 15) is 0 Å². The fourth-order valence-corrected chi connectivity index (χ4v) is 3.64. The monoisotopic (exact) mass is 239 g/mol. The van der Waals surface area contributed by atoms with Crippen LogP contribution in [0.3, 0.4) is 0 Å². The maximum atomic E-state index is 5.41. The van der Waals surface area contributed by atoms with Crippen molar-refractivity contribution in [2.24, 2.45) is 11.8 Å². The van der Waals surface area contributed by atoms with Crippen LogP contribution >= 0.6 is 0 Å². The Bertz CT molecular complexity index is 201. The van der Waals surface area contributed by atoms with Gasteiger partial charge in [-0.05, 0) is 51.0 Å². The number of rotatable bonds is 6. The Morgan fingerprint density at radius 2 is 1.76 bits per heavy atom. The lowest BCUT2D eigenvalue weighted by atomic mass is 9.91. The Balaban J connectivity index is 1.53. The van der Waals surface area contributed by atoms with E-state index >= 15 is 0 Å². The molecule has 1 saturated heterocycles. The van der Waals surface area contributed by atoms with E-state index in [0.29, 0.717) is 0 Å². The Hall–Kier alpha value is -0.0800. The Morgan fingerprint density at radius 1 is 1.00 bits per heavy atom. The van der Waals surface area contributed by atoms with E-state index in [0.717, 1.165) is 31.1 Å². The molecule has 0 amide bonds. The van der Waals surface area contributed by atoms with Crippen LogP contribution in [0.2, 0.25) is 0 Å². The van der Waals surface area contributed by atoms with Crippen molar-refractivity contribution in [3.8, 4) is 0 Å². The molecule has 2 rings (SSSR count). The summed E-state index contributed by atoms with van der Waals surface area (Å²) in [6.45, 7) is 2.02. The highest BCUT2D eigenvalue weighted by Crippen LogP contribution is 2.30. The van der Waals surface area contributed by atoms with Gasteiger partial charge >= 0.3 is 0 Å². The highest BCUT2D eigenvalue weighted by molar-refractivity contribution is 4.81. The van der Waals surface area contributed by atoms with Crippen LogP contribution in [0, 0.1) is 11.8 Å². The average molecular weight is 239 g/mol. The molecule has 0 bridgehead atoms. The number of nitrogens with one attached hydrogen (secondary N) is 1. The molecule has 1 N–H and O–H groups in total. The van der Waals surface area contributed by atoms with E-state index in [4.69, 9.17) is 4.74 Å². The van der Waals surface area contributed by atoms with Crippen molar-refractivity contribution in [2.75, 3.05) is 20.3 Å². The van der Waals surface area contributed by atoms with Gasteiger partial charge in [0.2, 0.25) is 0 Å². The third-order valence-electron chi connectivity index (χ3n) is 4.81. The lowest BCUT2D eigenvalue weighted by Gasteiger charge is -2.22. The van der Waals surface area contributed by atoms with Crippen molar-refractivity contribution < 1.29 is 4.74 Å². The summed E-state index contributed by atoms with van der Waals surface area (Å²) in [5.41, 5.74) is 0. The standard InChI is InChI=1S/C15H29NO/c1-16-15-8-4-7-14(15)6-3-2-5-13-9-11-17-12-10-13/h13-16H,2-12H2,1H3. The van der Waals surface area contributed by atoms with E-state index in [1.165, 1.54) is 57.8 Å². The minimum atomic E-state index is 0.818. The summed E-state index contributed by atoms with van der Waals surface area (Å²) in [5, 5.41) is 3.49. The summed E-state index contributed by atoms with van der Waals surface area (Å²) in [6.07, 6.45) is 12.7. The molecule has 0 aromatic heterocycles. The van der Waals surface area contributed by atoms with E-state index in [1.54, 1.807) is 0 Å². The topological polar surface area (TPSA) is 21.3 Å². The summed E-state index contributed by atoms with van der Waals surface area (Å²) in [6, 6.07) is 0.818. The molecule has 0 aromatic rings. The first kappa shape index (κ1) is 13.4. The zero-order valence-electron chi connectivity index (χ0n) is 11.4. The Labute approximate surface area is 107 Å². The number of unbranched alkanes of at least 4 members (excludes halogenated alkanes) is 1. The van der Waals surface area contributed by atoms with Crippen molar-refractivity contribution in [2.45, 2.75) is 63.8 Å². The van der Waals surface area contributed by atoms with Gasteiger partial charge in [-0.15, -0.1) is 0 Å². The van der Waals surface area contributed by atoms with Gasteiger partial charge in [-0.2, -0.15) is 0 Å². The summed E-state index contributed by atoms with van der Waals surface area (Å²) < 4.78 is 5.41. The largest absolute Gasteiger partial charge is 0.381 e. The van der Waals surface area contributed by atoms with Crippen LogP contribution in [-0.4, -0.2) is 26.3 Å². The van der Waals surface area contributed by atoms with E-state index in [-0.39, 0.29) is 0 Å². The zero-order valence-corrected chi connectivity index (χ0v) is 11.4. The predicted molar refractivity (Wildman–Crippen MR) is 72.2 cm³/mol. The van der Waals surface area contributed by atoms with Gasteiger partial charge in [-0.25, -0.2) is 0 Å². The molecule has 1 aliphatic heterocycles. The second-order valence-electron chi connectivity index (χ2n) is 5.93. The Morgan fingerprint density at radius 3 is 2.53 bits per heavy atom. The van der Waals surface area contributed by atoms with Gasteiger partial charge in [-0.3, -0.25) is 0 Å². The van der Waals surface area contributed by atoms with Gasteiger partial charge in [0.1, 0.15) is 0 Å². The predicted octanol–water partition coefficient (Wildman–Crippen LogP) is 3.36. The molecule has 1 heterocycles. The second kappa shape index (κ2) is 7.38. The maximum absolute atomic E-state index is 5.41. The molecular weight excluding hydrogens is 210 g/mol. The molecule has 17 heavy (non-hydrogen) atoms. The minimum Gasteiger partial charge on any atom is -0.381 e. The Kier molecular flexibility index (Phi) is 5.79. The van der Waals surface area contributed by atoms with Crippen LogP contribution in [0.4, 0.5) is 0 Å². The summed E-state index contributed by atoms with van der Waals surface area (Å²) in [4.78, 5) is 0. The highest BCUT2D eigenvalue weighted by atomic mass is 16.5. The molecule has 0 radical (unpaired) electrons. The average Bonchev–Trinajstić information content (AvgIpc) is 2.83. The molecule has 2 unspecified atom stereocenters. The van der Waals surface area contributed by atoms with Gasteiger partial charge in [0, 0.05) is 19.3 Å². The van der Waals surface area contributed by atoms with Crippen molar-refractivity contribution in [3.05, 3.63) is 0 Å². The van der Waals surface area contributed by atoms with Crippen LogP contribution in [-0.2, 0) is 4.74 Å². The van der Waals surface area contributed by atoms with Crippen LogP contribution in [0.5, 0.6) is 0 Å². The summed E-state index contributed by atoms with van der Waals surface area (Å²) >= 11 is 0. The molecule has 2 aliphatic rings. The molecular formula is C15H29NO. The lowest BCUT2D eigenvalue weighted by Crippen LogP contribution is -2.28. The molecule has 0 spiro atoms. The minimum absolute atomic E-state index is 0.818. The summed E-state index contributed by atoms with van der Waals surface area (Å²) in [7, 11) is 2.13. The lowest BCUT2D eigenvalue weighted by molar-refractivity contribution is 0.0630. The van der Waals surface area contributed by atoms with Crippen molar-refractivity contribution in [1.82, 2.24) is 5.32 Å². The van der Waals surface area contributed by atoms with E-state index in [2.05, 4.69) is 12.4 Å². The molecule has 2 heteroatoms. The van der Waals surface area contributed by atoms with Gasteiger partial charge in [0.15, 0.2) is 0 Å². The molecule has 100 valence electrons. The second-order valence-corrected chi connectivity index (χ2v) is 5.93. The first-order chi connectivity index (χ1) is 8.40. The fraction of sp³-hybridized carbons (Fsp3) is 1.00. The first-order valence-electron chi connectivity index (χ1n) is 7.65. The fourth-order valence-electron chi connectivity index (χ4n) is 3.64. The van der Waals surface area contributed by atoms with Crippen LogP contribution < -0.4 is 5.32 Å². The van der Waals surface area contributed by atoms with Gasteiger partial charge in [0.25, 0.3) is 0 Å². The van der Waals surface area contributed by atoms with Crippen LogP contribution in [0.1, 0.15) is 57.8 Å². The molecule has 0 aromatic carbocycles. The molecule has 2 nitrogen and oxygen atoms in total. The maximum Gasteiger partial charge on any atom is 0.0468 e. The van der Waals surface area contributed by atoms with E-state index in [1.807, 2.05) is 0 Å². The number of hydrogen-bond donors (Lipinski definition) is 1. The van der Waals surface area contributed by atoms with Crippen molar-refractivity contribution >= 4 is 0 Å². The van der Waals surface area contributed by atoms with Crippen LogP contribution in [0.15, 0.2) is 0 Å². The zero-order chi connectivity index (χ0) is 11.9. The van der Waals surface area contributed by atoms with E-state index < -0.39 is 0 Å². The van der Waals surface area contributed by atoms with Crippen LogP contribution in [0.25, 0.3) is 0 Å². The SMILES string of the molecule is CNC1CCCC1CCCCC1CCOCC1. The number of hydrogen-bond acceptors (Lipinski definition) is 2. The molecule has 2 atom stereocenters. The van der Waals surface area contributed by atoms with Crippen molar-refractivity contribution in [3.63, 3.8) is 0 Å². The third kappa shape index (κ3) is 4.26.